The lowest BCUT2D eigenvalue weighted by Crippen LogP contribution is -2.38. The van der Waals surface area contributed by atoms with E-state index in [2.05, 4.69) is 17.3 Å². The number of anilines is 1. The summed E-state index contributed by atoms with van der Waals surface area (Å²) in [5, 5.41) is 0.359. The molecule has 0 unspecified atom stereocenters. The molecule has 98 valence electrons. The molecule has 0 radical (unpaired) electrons. The summed E-state index contributed by atoms with van der Waals surface area (Å²) in [4.78, 5) is 18.2. The van der Waals surface area contributed by atoms with Gasteiger partial charge < -0.3 is 10.3 Å². The Hall–Kier alpha value is -1.33. The zero-order chi connectivity index (χ0) is 13.1. The monoisotopic (exact) mass is 268 g/mol. The van der Waals surface area contributed by atoms with Gasteiger partial charge in [-0.25, -0.2) is 10.8 Å². The lowest BCUT2D eigenvalue weighted by atomic mass is 9.99. The standard InChI is InChI=1S/C12H17ClN4O/c1-8-4-6-17(7-5-8)12(18)11-9(13)2-3-10(15-11)16-14/h2-3,8H,4-7,14H2,1H3,(H,15,16). The van der Waals surface area contributed by atoms with Crippen LogP contribution in [0.1, 0.15) is 30.3 Å². The van der Waals surface area contributed by atoms with Gasteiger partial charge in [0.1, 0.15) is 11.5 Å². The fraction of sp³-hybridized carbons (Fsp3) is 0.500. The Balaban J connectivity index is 2.17. The fourth-order valence-electron chi connectivity index (χ4n) is 2.03. The van der Waals surface area contributed by atoms with Crippen molar-refractivity contribution in [2.45, 2.75) is 19.8 Å². The van der Waals surface area contributed by atoms with Gasteiger partial charge in [0.15, 0.2) is 0 Å². The first-order chi connectivity index (χ1) is 8.61. The van der Waals surface area contributed by atoms with Gasteiger partial charge >= 0.3 is 0 Å². The third-order valence-electron chi connectivity index (χ3n) is 3.27. The second-order valence-electron chi connectivity index (χ2n) is 4.65. The summed E-state index contributed by atoms with van der Waals surface area (Å²) in [6, 6.07) is 3.26. The number of carbonyl (C=O) groups is 1. The van der Waals surface area contributed by atoms with E-state index in [4.69, 9.17) is 17.4 Å². The minimum Gasteiger partial charge on any atom is -0.337 e. The van der Waals surface area contributed by atoms with E-state index in [9.17, 15) is 4.79 Å². The minimum absolute atomic E-state index is 0.121. The van der Waals surface area contributed by atoms with E-state index in [1.165, 1.54) is 0 Å². The molecule has 0 atom stereocenters. The number of hydrazine groups is 1. The number of likely N-dealkylation sites (tertiary alicyclic amines) is 1. The number of carbonyl (C=O) groups excluding carboxylic acids is 1. The number of pyridine rings is 1. The molecule has 2 heterocycles. The molecule has 5 nitrogen and oxygen atoms in total. The third kappa shape index (κ3) is 2.73. The Morgan fingerprint density at radius 3 is 2.78 bits per heavy atom. The summed E-state index contributed by atoms with van der Waals surface area (Å²) >= 11 is 6.02. The van der Waals surface area contributed by atoms with Crippen LogP contribution in [-0.2, 0) is 0 Å². The van der Waals surface area contributed by atoms with Crippen LogP contribution in [0, 0.1) is 5.92 Å². The zero-order valence-electron chi connectivity index (χ0n) is 10.3. The number of nitrogens with two attached hydrogens (primary N) is 1. The fourth-order valence-corrected chi connectivity index (χ4v) is 2.22. The average Bonchev–Trinajstić information content (AvgIpc) is 2.39. The van der Waals surface area contributed by atoms with Crippen molar-refractivity contribution in [2.24, 2.45) is 11.8 Å². The highest BCUT2D eigenvalue weighted by molar-refractivity contribution is 6.33. The maximum absolute atomic E-state index is 12.3. The van der Waals surface area contributed by atoms with Crippen molar-refractivity contribution < 1.29 is 4.79 Å². The van der Waals surface area contributed by atoms with Gasteiger partial charge in [0.2, 0.25) is 0 Å². The van der Waals surface area contributed by atoms with Crippen molar-refractivity contribution in [1.29, 1.82) is 0 Å². The van der Waals surface area contributed by atoms with Crippen molar-refractivity contribution in [3.8, 4) is 0 Å². The van der Waals surface area contributed by atoms with Crippen molar-refractivity contribution >= 4 is 23.3 Å². The van der Waals surface area contributed by atoms with Crippen LogP contribution in [0.4, 0.5) is 5.82 Å². The lowest BCUT2D eigenvalue weighted by molar-refractivity contribution is 0.0691. The maximum Gasteiger partial charge on any atom is 0.274 e. The number of nitrogens with one attached hydrogen (secondary N) is 1. The highest BCUT2D eigenvalue weighted by Gasteiger charge is 2.24. The van der Waals surface area contributed by atoms with Crippen LogP contribution in [0.25, 0.3) is 0 Å². The van der Waals surface area contributed by atoms with Crippen molar-refractivity contribution in [2.75, 3.05) is 18.5 Å². The second kappa shape index (κ2) is 5.54. The van der Waals surface area contributed by atoms with E-state index in [1.54, 1.807) is 17.0 Å². The highest BCUT2D eigenvalue weighted by atomic mass is 35.5. The van der Waals surface area contributed by atoms with Crippen molar-refractivity contribution in [3.63, 3.8) is 0 Å². The Bertz CT molecular complexity index is 444. The number of nitrogen functional groups attached to an aromatic ring is 1. The molecule has 1 aromatic heterocycles. The van der Waals surface area contributed by atoms with Crippen molar-refractivity contribution in [1.82, 2.24) is 9.88 Å². The van der Waals surface area contributed by atoms with Gasteiger partial charge in [0.05, 0.1) is 5.02 Å². The molecule has 2 rings (SSSR count). The second-order valence-corrected chi connectivity index (χ2v) is 5.05. The van der Waals surface area contributed by atoms with Crippen LogP contribution >= 0.6 is 11.6 Å². The van der Waals surface area contributed by atoms with E-state index in [1.807, 2.05) is 0 Å². The molecule has 0 aromatic carbocycles. The van der Waals surface area contributed by atoms with Gasteiger partial charge in [-0.3, -0.25) is 4.79 Å². The van der Waals surface area contributed by atoms with Crippen molar-refractivity contribution in [3.05, 3.63) is 22.8 Å². The molecule has 3 N–H and O–H groups in total. The van der Waals surface area contributed by atoms with Crippen LogP contribution in [0.5, 0.6) is 0 Å². The number of halogens is 1. The summed E-state index contributed by atoms with van der Waals surface area (Å²) in [6.07, 6.45) is 2.05. The molecule has 1 aliphatic heterocycles. The van der Waals surface area contributed by atoms with Crippen LogP contribution in [0.2, 0.25) is 5.02 Å². The average molecular weight is 269 g/mol. The highest BCUT2D eigenvalue weighted by Crippen LogP contribution is 2.22. The predicted molar refractivity (Wildman–Crippen MR) is 71.4 cm³/mol. The minimum atomic E-state index is -0.121. The first-order valence-corrected chi connectivity index (χ1v) is 6.42. The molecule has 0 saturated carbocycles. The number of amides is 1. The molecule has 1 aliphatic rings. The molecular weight excluding hydrogens is 252 g/mol. The first kappa shape index (κ1) is 13.1. The Morgan fingerprint density at radius 2 is 2.17 bits per heavy atom. The molecule has 1 aromatic rings. The van der Waals surface area contributed by atoms with Gasteiger partial charge in [-0.05, 0) is 30.9 Å². The number of hydrogen-bond donors (Lipinski definition) is 2. The quantitative estimate of drug-likeness (QED) is 0.635. The summed E-state index contributed by atoms with van der Waals surface area (Å²) < 4.78 is 0. The first-order valence-electron chi connectivity index (χ1n) is 6.04. The third-order valence-corrected chi connectivity index (χ3v) is 3.57. The van der Waals surface area contributed by atoms with Crippen LogP contribution < -0.4 is 11.3 Å². The molecule has 0 bridgehead atoms. The number of rotatable bonds is 2. The van der Waals surface area contributed by atoms with Crippen LogP contribution in [-0.4, -0.2) is 28.9 Å². The molecule has 0 spiro atoms. The van der Waals surface area contributed by atoms with E-state index in [0.29, 0.717) is 16.8 Å². The molecule has 1 fully saturated rings. The summed E-state index contributed by atoms with van der Waals surface area (Å²) in [5.41, 5.74) is 2.68. The molecule has 1 amide bonds. The van der Waals surface area contributed by atoms with Gasteiger partial charge in [0, 0.05) is 13.1 Å². The number of aromatic nitrogens is 1. The zero-order valence-corrected chi connectivity index (χ0v) is 11.1. The van der Waals surface area contributed by atoms with Gasteiger partial charge in [-0.15, -0.1) is 0 Å². The van der Waals surface area contributed by atoms with Gasteiger partial charge in [-0.2, -0.15) is 0 Å². The topological polar surface area (TPSA) is 71.2 Å². The molecule has 18 heavy (non-hydrogen) atoms. The lowest BCUT2D eigenvalue weighted by Gasteiger charge is -2.30. The summed E-state index contributed by atoms with van der Waals surface area (Å²) in [5.74, 6) is 6.28. The summed E-state index contributed by atoms with van der Waals surface area (Å²) in [7, 11) is 0. The maximum atomic E-state index is 12.3. The smallest absolute Gasteiger partial charge is 0.274 e. The molecule has 1 saturated heterocycles. The van der Waals surface area contributed by atoms with Crippen LogP contribution in [0.3, 0.4) is 0 Å². The predicted octanol–water partition coefficient (Wildman–Crippen LogP) is 1.89. The molecule has 0 aliphatic carbocycles. The van der Waals surface area contributed by atoms with Gasteiger partial charge in [-0.1, -0.05) is 18.5 Å². The normalized spacial score (nSPS) is 16.7. The molecular formula is C12H17ClN4O. The van der Waals surface area contributed by atoms with E-state index < -0.39 is 0 Å². The van der Waals surface area contributed by atoms with Crippen LogP contribution in [0.15, 0.2) is 12.1 Å². The van der Waals surface area contributed by atoms with Gasteiger partial charge in [0.25, 0.3) is 5.91 Å². The molecule has 6 heteroatoms. The largest absolute Gasteiger partial charge is 0.337 e. The van der Waals surface area contributed by atoms with E-state index >= 15 is 0 Å². The Morgan fingerprint density at radius 1 is 1.50 bits per heavy atom. The number of nitrogens with zero attached hydrogens (tertiary/aromatic N) is 2. The number of piperidine rings is 1. The Labute approximate surface area is 111 Å². The van der Waals surface area contributed by atoms with E-state index in [0.717, 1.165) is 25.9 Å². The summed E-state index contributed by atoms with van der Waals surface area (Å²) in [6.45, 7) is 3.72. The Kier molecular flexibility index (Phi) is 4.04. The number of hydrogen-bond acceptors (Lipinski definition) is 4. The van der Waals surface area contributed by atoms with E-state index in [-0.39, 0.29) is 11.6 Å². The SMILES string of the molecule is CC1CCN(C(=O)c2nc(NN)ccc2Cl)CC1.